The highest BCUT2D eigenvalue weighted by molar-refractivity contribution is 6.31. The van der Waals surface area contributed by atoms with Gasteiger partial charge < -0.3 is 5.32 Å². The summed E-state index contributed by atoms with van der Waals surface area (Å²) < 4.78 is 13.3. The molecule has 0 aliphatic rings. The van der Waals surface area contributed by atoms with Gasteiger partial charge in [-0.1, -0.05) is 30.1 Å². The molecule has 2 rings (SSSR count). The fraction of sp³-hybridized carbons (Fsp3) is 0.167. The molecule has 0 amide bonds. The van der Waals surface area contributed by atoms with Gasteiger partial charge in [0.1, 0.15) is 23.1 Å². The van der Waals surface area contributed by atoms with E-state index < -0.39 is 5.82 Å². The van der Waals surface area contributed by atoms with E-state index >= 15 is 0 Å². The highest BCUT2D eigenvalue weighted by Crippen LogP contribution is 2.25. The van der Waals surface area contributed by atoms with Crippen LogP contribution in [-0.2, 0) is 6.42 Å². The number of benzene rings is 1. The number of aromatic nitrogens is 2. The number of nitrogens with zero attached hydrogens (tertiary/aromatic N) is 2. The zero-order chi connectivity index (χ0) is 13.1. The van der Waals surface area contributed by atoms with Crippen molar-refractivity contribution in [2.75, 3.05) is 5.32 Å². The Kier molecular flexibility index (Phi) is 3.99. The maximum Gasteiger partial charge on any atom is 0.143 e. The first kappa shape index (κ1) is 13.1. The lowest BCUT2D eigenvalue weighted by Gasteiger charge is -2.10. The van der Waals surface area contributed by atoms with Crippen LogP contribution in [0.15, 0.2) is 24.5 Å². The third kappa shape index (κ3) is 2.71. The van der Waals surface area contributed by atoms with Gasteiger partial charge in [-0.3, -0.25) is 0 Å². The molecule has 6 heteroatoms. The molecule has 0 aliphatic carbocycles. The molecule has 0 saturated carbocycles. The smallest absolute Gasteiger partial charge is 0.143 e. The molecule has 0 bridgehead atoms. The van der Waals surface area contributed by atoms with Crippen LogP contribution in [0.2, 0.25) is 10.2 Å². The van der Waals surface area contributed by atoms with Crippen molar-refractivity contribution in [3.8, 4) is 0 Å². The van der Waals surface area contributed by atoms with Crippen LogP contribution in [0, 0.1) is 5.82 Å². The molecule has 3 nitrogen and oxygen atoms in total. The van der Waals surface area contributed by atoms with Gasteiger partial charge in [0.2, 0.25) is 0 Å². The Balaban J connectivity index is 2.34. The summed E-state index contributed by atoms with van der Waals surface area (Å²) in [6.45, 7) is 1.94. The molecule has 18 heavy (non-hydrogen) atoms. The second kappa shape index (κ2) is 5.50. The van der Waals surface area contributed by atoms with Crippen LogP contribution in [0.5, 0.6) is 0 Å². The average molecular weight is 286 g/mol. The minimum atomic E-state index is -0.486. The number of nitrogens with one attached hydrogen (secondary N) is 1. The Morgan fingerprint density at radius 1 is 1.28 bits per heavy atom. The molecule has 0 atom stereocenters. The zero-order valence-corrected chi connectivity index (χ0v) is 11.1. The number of hydrogen-bond donors (Lipinski definition) is 1. The fourth-order valence-electron chi connectivity index (χ4n) is 1.52. The summed E-state index contributed by atoms with van der Waals surface area (Å²) in [5.41, 5.74) is 1.34. The SMILES string of the molecule is CCc1c(Cl)ncnc1Nc1ccc(Cl)c(F)c1. The molecule has 0 saturated heterocycles. The summed E-state index contributed by atoms with van der Waals surface area (Å²) in [6, 6.07) is 4.45. The van der Waals surface area contributed by atoms with E-state index in [-0.39, 0.29) is 5.02 Å². The van der Waals surface area contributed by atoms with E-state index in [0.29, 0.717) is 23.1 Å². The Morgan fingerprint density at radius 3 is 2.72 bits per heavy atom. The van der Waals surface area contributed by atoms with Crippen molar-refractivity contribution in [2.45, 2.75) is 13.3 Å². The highest BCUT2D eigenvalue weighted by atomic mass is 35.5. The van der Waals surface area contributed by atoms with Gasteiger partial charge >= 0.3 is 0 Å². The first-order valence-electron chi connectivity index (χ1n) is 5.33. The summed E-state index contributed by atoms with van der Waals surface area (Å²) in [5.74, 6) is 0.0825. The molecular formula is C12H10Cl2FN3. The molecule has 1 aromatic heterocycles. The number of halogens is 3. The largest absolute Gasteiger partial charge is 0.340 e. The molecule has 0 unspecified atom stereocenters. The molecule has 2 aromatic rings. The van der Waals surface area contributed by atoms with Crippen molar-refractivity contribution in [1.29, 1.82) is 0 Å². The van der Waals surface area contributed by atoms with E-state index in [0.717, 1.165) is 5.56 Å². The minimum Gasteiger partial charge on any atom is -0.340 e. The predicted octanol–water partition coefficient (Wildman–Crippen LogP) is 4.23. The molecule has 1 heterocycles. The monoisotopic (exact) mass is 285 g/mol. The van der Waals surface area contributed by atoms with Crippen LogP contribution < -0.4 is 5.32 Å². The van der Waals surface area contributed by atoms with Gasteiger partial charge in [0, 0.05) is 11.3 Å². The zero-order valence-electron chi connectivity index (χ0n) is 9.54. The number of rotatable bonds is 3. The van der Waals surface area contributed by atoms with Gasteiger partial charge in [-0.05, 0) is 24.6 Å². The third-order valence-corrected chi connectivity index (χ3v) is 3.06. The van der Waals surface area contributed by atoms with Crippen molar-refractivity contribution in [1.82, 2.24) is 9.97 Å². The first-order valence-corrected chi connectivity index (χ1v) is 6.09. The molecule has 1 N–H and O–H groups in total. The molecule has 0 fully saturated rings. The Hall–Kier alpha value is -1.39. The molecule has 1 aromatic carbocycles. The average Bonchev–Trinajstić information content (AvgIpc) is 2.34. The van der Waals surface area contributed by atoms with Crippen LogP contribution in [0.3, 0.4) is 0 Å². The second-order valence-corrected chi connectivity index (χ2v) is 4.36. The lowest BCUT2D eigenvalue weighted by atomic mass is 10.2. The van der Waals surface area contributed by atoms with Gasteiger partial charge in [0.05, 0.1) is 5.02 Å². The van der Waals surface area contributed by atoms with Crippen LogP contribution in [0.25, 0.3) is 0 Å². The molecule has 0 radical (unpaired) electrons. The molecular weight excluding hydrogens is 276 g/mol. The van der Waals surface area contributed by atoms with Crippen LogP contribution >= 0.6 is 23.2 Å². The first-order chi connectivity index (χ1) is 8.61. The standard InChI is InChI=1S/C12H10Cl2FN3/c1-2-8-11(14)16-6-17-12(8)18-7-3-4-9(13)10(15)5-7/h3-6H,2H2,1H3,(H,16,17,18). The normalized spacial score (nSPS) is 10.4. The minimum absolute atomic E-state index is 0.0805. The van der Waals surface area contributed by atoms with E-state index in [1.165, 1.54) is 18.5 Å². The van der Waals surface area contributed by atoms with E-state index in [4.69, 9.17) is 23.2 Å². The van der Waals surface area contributed by atoms with Crippen molar-refractivity contribution in [3.05, 3.63) is 46.1 Å². The summed E-state index contributed by atoms with van der Waals surface area (Å²) in [4.78, 5) is 8.00. The summed E-state index contributed by atoms with van der Waals surface area (Å²) in [7, 11) is 0. The quantitative estimate of drug-likeness (QED) is 0.858. The Labute approximate surface area is 114 Å². The summed E-state index contributed by atoms with van der Waals surface area (Å²) in [5, 5.41) is 3.47. The highest BCUT2D eigenvalue weighted by Gasteiger charge is 2.09. The fourth-order valence-corrected chi connectivity index (χ4v) is 1.91. The predicted molar refractivity (Wildman–Crippen MR) is 71.1 cm³/mol. The van der Waals surface area contributed by atoms with Crippen LogP contribution in [-0.4, -0.2) is 9.97 Å². The van der Waals surface area contributed by atoms with Gasteiger partial charge in [0.25, 0.3) is 0 Å². The van der Waals surface area contributed by atoms with Gasteiger partial charge in [0.15, 0.2) is 0 Å². The van der Waals surface area contributed by atoms with E-state index in [1.807, 2.05) is 6.92 Å². The third-order valence-electron chi connectivity index (χ3n) is 2.43. The van der Waals surface area contributed by atoms with Crippen molar-refractivity contribution < 1.29 is 4.39 Å². The van der Waals surface area contributed by atoms with Crippen molar-refractivity contribution >= 4 is 34.7 Å². The number of hydrogen-bond acceptors (Lipinski definition) is 3. The lowest BCUT2D eigenvalue weighted by molar-refractivity contribution is 0.629. The Morgan fingerprint density at radius 2 is 2.06 bits per heavy atom. The molecule has 0 aliphatic heterocycles. The van der Waals surface area contributed by atoms with Gasteiger partial charge in [-0.15, -0.1) is 0 Å². The maximum absolute atomic E-state index is 13.3. The van der Waals surface area contributed by atoms with E-state index in [9.17, 15) is 4.39 Å². The summed E-state index contributed by atoms with van der Waals surface area (Å²) in [6.07, 6.45) is 2.04. The van der Waals surface area contributed by atoms with Gasteiger partial charge in [-0.25, -0.2) is 14.4 Å². The van der Waals surface area contributed by atoms with Crippen LogP contribution in [0.4, 0.5) is 15.9 Å². The van der Waals surface area contributed by atoms with Crippen LogP contribution in [0.1, 0.15) is 12.5 Å². The van der Waals surface area contributed by atoms with Crippen molar-refractivity contribution in [3.63, 3.8) is 0 Å². The van der Waals surface area contributed by atoms with E-state index in [2.05, 4.69) is 15.3 Å². The number of anilines is 2. The van der Waals surface area contributed by atoms with Crippen molar-refractivity contribution in [2.24, 2.45) is 0 Å². The molecule has 0 spiro atoms. The van der Waals surface area contributed by atoms with Gasteiger partial charge in [-0.2, -0.15) is 0 Å². The molecule has 94 valence electrons. The topological polar surface area (TPSA) is 37.8 Å². The maximum atomic E-state index is 13.3. The van der Waals surface area contributed by atoms with E-state index in [1.54, 1.807) is 6.07 Å². The second-order valence-electron chi connectivity index (χ2n) is 3.60. The Bertz CT molecular complexity index is 575. The summed E-state index contributed by atoms with van der Waals surface area (Å²) >= 11 is 11.6. The lowest BCUT2D eigenvalue weighted by Crippen LogP contribution is -2.00.